The zero-order valence-corrected chi connectivity index (χ0v) is 15.4. The van der Waals surface area contributed by atoms with Crippen molar-refractivity contribution in [3.63, 3.8) is 0 Å². The van der Waals surface area contributed by atoms with E-state index in [4.69, 9.17) is 0 Å². The fourth-order valence-electron chi connectivity index (χ4n) is 3.48. The maximum absolute atomic E-state index is 10.4. The van der Waals surface area contributed by atoms with Crippen molar-refractivity contribution >= 4 is 28.3 Å². The second kappa shape index (κ2) is 5.72. The summed E-state index contributed by atoms with van der Waals surface area (Å²) in [6.45, 7) is 6.46. The Balaban J connectivity index is 1.92. The summed E-state index contributed by atoms with van der Waals surface area (Å²) in [7, 11) is 0. The molecule has 1 aromatic heterocycles. The predicted octanol–water partition coefficient (Wildman–Crippen LogP) is 4.49. The molecule has 0 saturated carbocycles. The van der Waals surface area contributed by atoms with Crippen LogP contribution in [0, 0.1) is 8.99 Å². The van der Waals surface area contributed by atoms with E-state index < -0.39 is 0 Å². The van der Waals surface area contributed by atoms with Gasteiger partial charge in [0, 0.05) is 39.8 Å². The quantitative estimate of drug-likeness (QED) is 0.438. The van der Waals surface area contributed by atoms with Gasteiger partial charge in [-0.1, -0.05) is 26.0 Å². The second-order valence-electron chi connectivity index (χ2n) is 6.84. The molecule has 1 atom stereocenters. The molecule has 0 saturated heterocycles. The van der Waals surface area contributed by atoms with Crippen molar-refractivity contribution in [1.82, 2.24) is 4.98 Å². The zero-order valence-electron chi connectivity index (χ0n) is 13.2. The summed E-state index contributed by atoms with van der Waals surface area (Å²) in [6.07, 6.45) is 3.74. The number of hydrogen-bond acceptors (Lipinski definition) is 1. The first-order chi connectivity index (χ1) is 10.4. The van der Waals surface area contributed by atoms with E-state index in [1.165, 1.54) is 25.1 Å². The van der Waals surface area contributed by atoms with Crippen LogP contribution in [0.2, 0.25) is 0 Å². The van der Waals surface area contributed by atoms with Crippen LogP contribution in [0.1, 0.15) is 32.9 Å². The predicted molar refractivity (Wildman–Crippen MR) is 97.6 cm³/mol. The molecule has 1 aromatic carbocycles. The molecule has 0 fully saturated rings. The van der Waals surface area contributed by atoms with Gasteiger partial charge in [0.1, 0.15) is 0 Å². The van der Waals surface area contributed by atoms with Crippen molar-refractivity contribution in [1.29, 1.82) is 0 Å². The van der Waals surface area contributed by atoms with Crippen LogP contribution < -0.4 is 0 Å². The summed E-state index contributed by atoms with van der Waals surface area (Å²) < 4.78 is 2.71. The molecule has 2 heterocycles. The first-order valence-corrected chi connectivity index (χ1v) is 8.69. The van der Waals surface area contributed by atoms with Crippen molar-refractivity contribution in [2.45, 2.75) is 39.7 Å². The third-order valence-electron chi connectivity index (χ3n) is 4.69. The van der Waals surface area contributed by atoms with Crippen molar-refractivity contribution in [3.05, 3.63) is 45.8 Å². The number of hydrogen-bond donors (Lipinski definition) is 2. The summed E-state index contributed by atoms with van der Waals surface area (Å²) in [5, 5.41) is 10.4. The summed E-state index contributed by atoms with van der Waals surface area (Å²) in [5.74, 6) is 0. The minimum Gasteiger partial charge on any atom is -0.364 e. The third kappa shape index (κ3) is 2.81. The van der Waals surface area contributed by atoms with Crippen LogP contribution in [0.4, 0.5) is 0 Å². The monoisotopic (exact) mass is 409 g/mol. The van der Waals surface area contributed by atoms with Crippen LogP contribution in [0.25, 0.3) is 11.1 Å². The van der Waals surface area contributed by atoms with E-state index in [1.807, 2.05) is 13.1 Å². The van der Waals surface area contributed by atoms with Crippen LogP contribution in [-0.2, 0) is 6.42 Å². The highest BCUT2D eigenvalue weighted by atomic mass is 127. The third-order valence-corrected chi connectivity index (χ3v) is 5.40. The molecule has 0 amide bonds. The Morgan fingerprint density at radius 3 is 2.55 bits per heavy atom. The Morgan fingerprint density at radius 1 is 1.27 bits per heavy atom. The molecule has 1 unspecified atom stereocenters. The standard InChI is InChI=1S/C18H22IN2O/c1-12-11-18(2,3)17(21(12)22)10-16-15(8-9-20-16)13-4-6-14(19)7-5-13/h4-9,17,20,22H,10-11H2,1-3H3/q+1. The van der Waals surface area contributed by atoms with Crippen molar-refractivity contribution in [2.75, 3.05) is 0 Å². The highest BCUT2D eigenvalue weighted by Gasteiger charge is 2.47. The summed E-state index contributed by atoms with van der Waals surface area (Å²) in [5.41, 5.74) is 4.76. The molecular weight excluding hydrogens is 387 g/mol. The smallest absolute Gasteiger partial charge is 0.213 e. The van der Waals surface area contributed by atoms with Gasteiger partial charge in [0.25, 0.3) is 0 Å². The minimum atomic E-state index is 0.0767. The molecule has 3 rings (SSSR count). The molecule has 22 heavy (non-hydrogen) atoms. The lowest BCUT2D eigenvalue weighted by Crippen LogP contribution is -2.34. The van der Waals surface area contributed by atoms with Crippen LogP contribution in [0.5, 0.6) is 0 Å². The molecule has 2 N–H and O–H groups in total. The molecule has 116 valence electrons. The summed E-state index contributed by atoms with van der Waals surface area (Å²) in [4.78, 5) is 3.37. The maximum atomic E-state index is 10.4. The number of aromatic amines is 1. The molecule has 0 radical (unpaired) electrons. The van der Waals surface area contributed by atoms with Crippen LogP contribution in [0.3, 0.4) is 0 Å². The molecule has 0 aliphatic carbocycles. The first-order valence-electron chi connectivity index (χ1n) is 7.61. The molecule has 4 heteroatoms. The summed E-state index contributed by atoms with van der Waals surface area (Å²) >= 11 is 2.32. The van der Waals surface area contributed by atoms with E-state index in [1.54, 1.807) is 0 Å². The van der Waals surface area contributed by atoms with E-state index in [0.717, 1.165) is 18.6 Å². The Kier molecular flexibility index (Phi) is 4.05. The van der Waals surface area contributed by atoms with E-state index in [-0.39, 0.29) is 11.5 Å². The lowest BCUT2D eigenvalue weighted by atomic mass is 9.80. The average Bonchev–Trinajstić information content (AvgIpc) is 2.99. The molecule has 2 aromatic rings. The van der Waals surface area contributed by atoms with Gasteiger partial charge < -0.3 is 4.98 Å². The Hall–Kier alpha value is -1.30. The van der Waals surface area contributed by atoms with Gasteiger partial charge in [-0.15, -0.1) is 0 Å². The number of aromatic nitrogens is 1. The number of benzene rings is 1. The average molecular weight is 409 g/mol. The highest BCUT2D eigenvalue weighted by Crippen LogP contribution is 2.36. The maximum Gasteiger partial charge on any atom is 0.213 e. The topological polar surface area (TPSA) is 39.0 Å². The van der Waals surface area contributed by atoms with Crippen LogP contribution in [-0.4, -0.2) is 26.7 Å². The van der Waals surface area contributed by atoms with E-state index in [2.05, 4.69) is 71.8 Å². The largest absolute Gasteiger partial charge is 0.364 e. The Bertz CT molecular complexity index is 713. The van der Waals surface area contributed by atoms with Gasteiger partial charge in [0.15, 0.2) is 0 Å². The molecule has 3 nitrogen and oxygen atoms in total. The Labute approximate surface area is 145 Å². The van der Waals surface area contributed by atoms with E-state index >= 15 is 0 Å². The lowest BCUT2D eigenvalue weighted by Gasteiger charge is -2.21. The fourth-order valence-corrected chi connectivity index (χ4v) is 3.84. The normalized spacial score (nSPS) is 20.6. The van der Waals surface area contributed by atoms with Crippen molar-refractivity contribution in [2.24, 2.45) is 5.41 Å². The number of nitrogens with zero attached hydrogens (tertiary/aromatic N) is 1. The highest BCUT2D eigenvalue weighted by molar-refractivity contribution is 14.1. The molecule has 1 aliphatic heterocycles. The number of halogens is 1. The van der Waals surface area contributed by atoms with Gasteiger partial charge >= 0.3 is 0 Å². The first kappa shape index (κ1) is 15.6. The second-order valence-corrected chi connectivity index (χ2v) is 8.09. The van der Waals surface area contributed by atoms with Gasteiger partial charge in [-0.2, -0.15) is 0 Å². The minimum absolute atomic E-state index is 0.0767. The van der Waals surface area contributed by atoms with Crippen LogP contribution in [0.15, 0.2) is 36.5 Å². The number of rotatable bonds is 3. The van der Waals surface area contributed by atoms with Gasteiger partial charge in [-0.25, -0.2) is 0 Å². The molecular formula is C18H22IN2O+. The van der Waals surface area contributed by atoms with Gasteiger partial charge in [-0.3, -0.25) is 5.21 Å². The van der Waals surface area contributed by atoms with Crippen LogP contribution >= 0.6 is 22.6 Å². The van der Waals surface area contributed by atoms with Crippen molar-refractivity contribution < 1.29 is 9.95 Å². The number of hydroxylamine groups is 1. The van der Waals surface area contributed by atoms with Gasteiger partial charge in [0.2, 0.25) is 11.8 Å². The molecule has 0 spiro atoms. The van der Waals surface area contributed by atoms with E-state index in [9.17, 15) is 5.21 Å². The van der Waals surface area contributed by atoms with Gasteiger partial charge in [0.05, 0.1) is 6.42 Å². The Morgan fingerprint density at radius 2 is 1.95 bits per heavy atom. The zero-order chi connectivity index (χ0) is 15.9. The summed E-state index contributed by atoms with van der Waals surface area (Å²) in [6, 6.07) is 10.8. The van der Waals surface area contributed by atoms with E-state index in [0.29, 0.717) is 0 Å². The number of H-pyrrole nitrogens is 1. The molecule has 1 aliphatic rings. The lowest BCUT2D eigenvalue weighted by molar-refractivity contribution is -0.800. The number of nitrogens with one attached hydrogen (secondary N) is 1. The SMILES string of the molecule is CC1=[N+](O)C(Cc2[nH]ccc2-c2ccc(I)cc2)C(C)(C)C1. The molecule has 0 bridgehead atoms. The van der Waals surface area contributed by atoms with Gasteiger partial charge in [-0.05, 0) is 51.1 Å². The fraction of sp³-hybridized carbons (Fsp3) is 0.389. The van der Waals surface area contributed by atoms with Crippen molar-refractivity contribution in [3.8, 4) is 11.1 Å².